The maximum Gasteiger partial charge on any atom is 0.273 e. The predicted molar refractivity (Wildman–Crippen MR) is 113 cm³/mol. The van der Waals surface area contributed by atoms with Gasteiger partial charge in [-0.2, -0.15) is 15.0 Å². The summed E-state index contributed by atoms with van der Waals surface area (Å²) in [5.74, 6) is -1.08. The van der Waals surface area contributed by atoms with Crippen molar-refractivity contribution in [3.63, 3.8) is 0 Å². The highest BCUT2D eigenvalue weighted by Crippen LogP contribution is 2.38. The first-order chi connectivity index (χ1) is 15.4. The van der Waals surface area contributed by atoms with Crippen molar-refractivity contribution in [1.29, 1.82) is 0 Å². The molecule has 1 saturated carbocycles. The molecule has 3 aromatic rings. The van der Waals surface area contributed by atoms with Crippen molar-refractivity contribution in [3.8, 4) is 17.0 Å². The van der Waals surface area contributed by atoms with E-state index < -0.39 is 23.9 Å². The highest BCUT2D eigenvalue weighted by molar-refractivity contribution is 6.00. The lowest BCUT2D eigenvalue weighted by atomic mass is 10.1. The number of halogens is 1. The molecule has 32 heavy (non-hydrogen) atoms. The minimum Gasteiger partial charge on any atom is -0.494 e. The molecular formula is C20H21FN8O3. The van der Waals surface area contributed by atoms with Gasteiger partial charge in [0, 0.05) is 25.7 Å². The van der Waals surface area contributed by atoms with Crippen molar-refractivity contribution in [1.82, 2.24) is 30.5 Å². The van der Waals surface area contributed by atoms with Crippen LogP contribution < -0.4 is 20.7 Å². The molecule has 2 atom stereocenters. The maximum absolute atomic E-state index is 13.2. The number of alkyl halides is 1. The molecule has 2 heterocycles. The average Bonchev–Trinajstić information content (AvgIpc) is 3.37. The summed E-state index contributed by atoms with van der Waals surface area (Å²) in [4.78, 5) is 25.8. The number of methoxy groups -OCH3 is 1. The van der Waals surface area contributed by atoms with Crippen LogP contribution in [-0.2, 0) is 11.8 Å². The van der Waals surface area contributed by atoms with E-state index in [-0.39, 0.29) is 23.6 Å². The van der Waals surface area contributed by atoms with Crippen molar-refractivity contribution in [2.75, 3.05) is 24.8 Å². The number of nitrogens with zero attached hydrogens (tertiary/aromatic N) is 5. The molecule has 11 nitrogen and oxygen atoms in total. The van der Waals surface area contributed by atoms with Crippen molar-refractivity contribution in [2.45, 2.75) is 12.6 Å². The van der Waals surface area contributed by atoms with E-state index in [9.17, 15) is 14.0 Å². The van der Waals surface area contributed by atoms with Crippen LogP contribution in [0.2, 0.25) is 0 Å². The fraction of sp³-hybridized carbons (Fsp3) is 0.300. The smallest absolute Gasteiger partial charge is 0.273 e. The molecule has 0 spiro atoms. The number of aryl methyl sites for hydroxylation is 1. The summed E-state index contributed by atoms with van der Waals surface area (Å²) in [6.45, 7) is 0. The van der Waals surface area contributed by atoms with Crippen molar-refractivity contribution in [2.24, 2.45) is 13.0 Å². The lowest BCUT2D eigenvalue weighted by Crippen LogP contribution is -2.22. The van der Waals surface area contributed by atoms with Crippen LogP contribution in [0.3, 0.4) is 0 Å². The van der Waals surface area contributed by atoms with Gasteiger partial charge in [-0.15, -0.1) is 10.2 Å². The molecule has 2 aromatic heterocycles. The van der Waals surface area contributed by atoms with Crippen LogP contribution in [0, 0.1) is 5.92 Å². The van der Waals surface area contributed by atoms with Gasteiger partial charge in [0.25, 0.3) is 5.91 Å². The molecule has 1 aliphatic rings. The topological polar surface area (TPSA) is 136 Å². The van der Waals surface area contributed by atoms with E-state index >= 15 is 0 Å². The first kappa shape index (κ1) is 21.2. The van der Waals surface area contributed by atoms with Gasteiger partial charge in [0.15, 0.2) is 17.3 Å². The van der Waals surface area contributed by atoms with Crippen LogP contribution in [0.1, 0.15) is 16.9 Å². The quantitative estimate of drug-likeness (QED) is 0.505. The van der Waals surface area contributed by atoms with Gasteiger partial charge < -0.3 is 20.7 Å². The summed E-state index contributed by atoms with van der Waals surface area (Å²) >= 11 is 0. The van der Waals surface area contributed by atoms with Crippen molar-refractivity contribution >= 4 is 29.0 Å². The van der Waals surface area contributed by atoms with E-state index in [0.717, 1.165) is 0 Å². The lowest BCUT2D eigenvalue weighted by molar-refractivity contribution is -0.117. The Morgan fingerprint density at radius 1 is 1.25 bits per heavy atom. The van der Waals surface area contributed by atoms with Crippen LogP contribution in [0.15, 0.2) is 30.5 Å². The molecule has 0 radical (unpaired) electrons. The fourth-order valence-corrected chi connectivity index (χ4v) is 3.16. The number of anilines is 3. The zero-order chi connectivity index (χ0) is 22.8. The monoisotopic (exact) mass is 440 g/mol. The molecule has 1 fully saturated rings. The Kier molecular flexibility index (Phi) is 5.67. The number of benzene rings is 1. The second-order valence-electron chi connectivity index (χ2n) is 7.15. The van der Waals surface area contributed by atoms with Gasteiger partial charge in [-0.25, -0.2) is 4.39 Å². The molecule has 4 rings (SSSR count). The Morgan fingerprint density at radius 2 is 2.03 bits per heavy atom. The van der Waals surface area contributed by atoms with Crippen molar-refractivity contribution < 1.29 is 18.7 Å². The number of hydrogen-bond donors (Lipinski definition) is 3. The number of hydrogen-bond acceptors (Lipinski definition) is 8. The second kappa shape index (κ2) is 8.57. The highest BCUT2D eigenvalue weighted by atomic mass is 19.1. The predicted octanol–water partition coefficient (Wildman–Crippen LogP) is 1.68. The summed E-state index contributed by atoms with van der Waals surface area (Å²) in [5.41, 5.74) is 2.09. The fourth-order valence-electron chi connectivity index (χ4n) is 3.16. The molecular weight excluding hydrogens is 419 g/mol. The zero-order valence-corrected chi connectivity index (χ0v) is 17.6. The number of aromatic nitrogens is 5. The third kappa shape index (κ3) is 4.19. The molecule has 0 saturated heterocycles. The van der Waals surface area contributed by atoms with Gasteiger partial charge in [0.05, 0.1) is 30.6 Å². The molecule has 0 unspecified atom stereocenters. The zero-order valence-electron chi connectivity index (χ0n) is 17.6. The molecule has 12 heteroatoms. The van der Waals surface area contributed by atoms with Crippen LogP contribution in [0.4, 0.5) is 21.6 Å². The van der Waals surface area contributed by atoms with E-state index in [4.69, 9.17) is 4.74 Å². The first-order valence-electron chi connectivity index (χ1n) is 9.76. The van der Waals surface area contributed by atoms with E-state index in [1.165, 1.54) is 25.0 Å². The molecule has 1 aliphatic carbocycles. The maximum atomic E-state index is 13.2. The van der Waals surface area contributed by atoms with E-state index in [1.54, 1.807) is 25.4 Å². The minimum absolute atomic E-state index is 0.00671. The number of para-hydroxylation sites is 1. The number of amides is 2. The van der Waals surface area contributed by atoms with Gasteiger partial charge >= 0.3 is 0 Å². The Balaban J connectivity index is 1.70. The van der Waals surface area contributed by atoms with Crippen LogP contribution >= 0.6 is 0 Å². The van der Waals surface area contributed by atoms with E-state index in [0.29, 0.717) is 22.7 Å². The molecule has 0 bridgehead atoms. The molecule has 2 amide bonds. The Labute approximate surface area is 182 Å². The van der Waals surface area contributed by atoms with Crippen LogP contribution in [0.5, 0.6) is 5.75 Å². The molecule has 0 aliphatic heterocycles. The summed E-state index contributed by atoms with van der Waals surface area (Å²) in [7, 11) is 4.69. The van der Waals surface area contributed by atoms with Gasteiger partial charge in [-0.3, -0.25) is 9.59 Å². The summed E-state index contributed by atoms with van der Waals surface area (Å²) in [5, 5.41) is 24.4. The second-order valence-corrected chi connectivity index (χ2v) is 7.15. The normalized spacial score (nSPS) is 16.9. The summed E-state index contributed by atoms with van der Waals surface area (Å²) in [6, 6.07) is 6.83. The van der Waals surface area contributed by atoms with Gasteiger partial charge in [0.1, 0.15) is 11.9 Å². The molecule has 1 aromatic carbocycles. The summed E-state index contributed by atoms with van der Waals surface area (Å²) in [6.07, 6.45) is 0.654. The Hall–Kier alpha value is -4.09. The Bertz CT molecular complexity index is 1180. The molecule has 166 valence electrons. The lowest BCUT2D eigenvalue weighted by Gasteiger charge is -2.16. The van der Waals surface area contributed by atoms with Crippen LogP contribution in [0.25, 0.3) is 11.3 Å². The first-order valence-corrected chi connectivity index (χ1v) is 9.76. The van der Waals surface area contributed by atoms with Gasteiger partial charge in [0.2, 0.25) is 5.91 Å². The van der Waals surface area contributed by atoms with E-state index in [1.807, 2.05) is 6.07 Å². The standard InChI is InChI=1S/C20H21FN8O3/c1-22-20(31)17-14(8-16(26-27-17)25-19(30)11-7-12(11)21)24-13-6-4-5-10(18(13)32-3)15-9-23-29(2)28-15/h4-6,8-9,11-12H,7H2,1-3H3,(H,22,31)(H2,24,25,26,30)/t11-,12-/m1/s1. The summed E-state index contributed by atoms with van der Waals surface area (Å²) < 4.78 is 18.8. The van der Waals surface area contributed by atoms with Crippen LogP contribution in [-0.4, -0.2) is 57.3 Å². The SMILES string of the molecule is CNC(=O)c1nnc(NC(=O)[C@@H]2C[C@H]2F)cc1Nc1cccc(-c2cnn(C)n2)c1OC. The number of carbonyl (C=O) groups is 2. The number of carbonyl (C=O) groups excluding carboxylic acids is 2. The van der Waals surface area contributed by atoms with E-state index in [2.05, 4.69) is 36.3 Å². The number of nitrogens with one attached hydrogen (secondary N) is 3. The third-order valence-electron chi connectivity index (χ3n) is 4.90. The van der Waals surface area contributed by atoms with Gasteiger partial charge in [-0.1, -0.05) is 6.07 Å². The number of ether oxygens (including phenoxy) is 1. The number of rotatable bonds is 7. The van der Waals surface area contributed by atoms with Gasteiger partial charge in [-0.05, 0) is 18.6 Å². The molecule has 3 N–H and O–H groups in total. The third-order valence-corrected chi connectivity index (χ3v) is 4.90. The highest BCUT2D eigenvalue weighted by Gasteiger charge is 2.43. The van der Waals surface area contributed by atoms with Crippen molar-refractivity contribution in [3.05, 3.63) is 36.2 Å². The average molecular weight is 440 g/mol. The minimum atomic E-state index is -1.14. The largest absolute Gasteiger partial charge is 0.494 e. The Morgan fingerprint density at radius 3 is 2.66 bits per heavy atom.